The Morgan fingerprint density at radius 1 is 1.26 bits per heavy atom. The number of hydrogen-bond acceptors (Lipinski definition) is 4. The van der Waals surface area contributed by atoms with Crippen molar-refractivity contribution in [2.45, 2.75) is 18.6 Å². The maximum Gasteiger partial charge on any atom is 0.250 e. The summed E-state index contributed by atoms with van der Waals surface area (Å²) in [6, 6.07) is 8.82. The summed E-state index contributed by atoms with van der Waals surface area (Å²) in [4.78, 5) is 22.8. The molecule has 0 spiro atoms. The van der Waals surface area contributed by atoms with E-state index in [0.29, 0.717) is 16.5 Å². The topological polar surface area (TPSA) is 80.4 Å². The first-order valence-electron chi connectivity index (χ1n) is 5.91. The number of carbonyl (C=O) groups excluding carboxylic acids is 1. The third-order valence-electron chi connectivity index (χ3n) is 3.83. The molecule has 5 nitrogen and oxygen atoms in total. The lowest BCUT2D eigenvalue weighted by Gasteiger charge is -2.23. The van der Waals surface area contributed by atoms with Crippen LogP contribution in [0.5, 0.6) is 0 Å². The summed E-state index contributed by atoms with van der Waals surface area (Å²) in [6.45, 7) is 1.25. The van der Waals surface area contributed by atoms with Gasteiger partial charge in [0.05, 0.1) is 0 Å². The Bertz CT molecular complexity index is 719. The number of Topliss-reactive ketones (excluding diaryl/α,β-unsaturated/α-hetero) is 1. The van der Waals surface area contributed by atoms with Crippen LogP contribution >= 0.6 is 0 Å². The number of hydrogen-bond donors (Lipinski definition) is 1. The van der Waals surface area contributed by atoms with Crippen molar-refractivity contribution in [3.05, 3.63) is 57.6 Å². The van der Waals surface area contributed by atoms with Crippen LogP contribution < -0.4 is 0 Å². The minimum absolute atomic E-state index is 0.329. The molecule has 1 aliphatic rings. The van der Waals surface area contributed by atoms with E-state index in [1.807, 2.05) is 12.1 Å². The Hall–Kier alpha value is -2.27. The van der Waals surface area contributed by atoms with Crippen molar-refractivity contribution in [3.8, 4) is 0 Å². The number of rotatable bonds is 2. The Morgan fingerprint density at radius 3 is 2.53 bits per heavy atom. The third-order valence-corrected chi connectivity index (χ3v) is 3.83. The van der Waals surface area contributed by atoms with Crippen LogP contribution in [-0.2, 0) is 5.60 Å². The monoisotopic (exact) mass is 257 g/mol. The summed E-state index contributed by atoms with van der Waals surface area (Å²) in [7, 11) is 0. The van der Waals surface area contributed by atoms with Gasteiger partial charge in [0, 0.05) is 23.0 Å². The quantitative estimate of drug-likeness (QED) is 0.658. The van der Waals surface area contributed by atoms with Gasteiger partial charge in [0.1, 0.15) is 0 Å². The van der Waals surface area contributed by atoms with Gasteiger partial charge in [-0.05, 0) is 10.8 Å². The molecule has 0 heterocycles. The summed E-state index contributed by atoms with van der Waals surface area (Å²) < 4.78 is 0. The molecule has 0 saturated heterocycles. The number of aliphatic hydroxyl groups is 1. The summed E-state index contributed by atoms with van der Waals surface area (Å²) in [6.07, 6.45) is 0. The molecule has 2 aromatic carbocycles. The van der Waals surface area contributed by atoms with E-state index in [1.54, 1.807) is 24.3 Å². The second-order valence-corrected chi connectivity index (χ2v) is 4.77. The zero-order valence-corrected chi connectivity index (χ0v) is 10.2. The van der Waals surface area contributed by atoms with Crippen LogP contribution in [0.15, 0.2) is 36.4 Å². The lowest BCUT2D eigenvalue weighted by Crippen LogP contribution is -2.46. The highest BCUT2D eigenvalue weighted by atomic mass is 16.6. The zero-order chi connectivity index (χ0) is 13.8. The highest BCUT2D eigenvalue weighted by Gasteiger charge is 2.55. The average molecular weight is 257 g/mol. The molecule has 0 aliphatic heterocycles. The van der Waals surface area contributed by atoms with Crippen molar-refractivity contribution < 1.29 is 14.8 Å². The summed E-state index contributed by atoms with van der Waals surface area (Å²) in [5.74, 6) is -0.594. The number of ketones is 1. The van der Waals surface area contributed by atoms with E-state index in [-0.39, 0.29) is 0 Å². The van der Waals surface area contributed by atoms with Crippen molar-refractivity contribution >= 4 is 16.6 Å². The van der Waals surface area contributed by atoms with Crippen molar-refractivity contribution in [2.24, 2.45) is 0 Å². The van der Waals surface area contributed by atoms with E-state index < -0.39 is 22.3 Å². The van der Waals surface area contributed by atoms with Crippen molar-refractivity contribution in [1.82, 2.24) is 0 Å². The third kappa shape index (κ3) is 1.30. The van der Waals surface area contributed by atoms with Crippen molar-refractivity contribution in [1.29, 1.82) is 0 Å². The second kappa shape index (κ2) is 3.61. The SMILES string of the molecule is C[C@H]([N+](=O)[O-])[C@]1(O)C(=O)c2cccc3cccc1c23. The predicted molar refractivity (Wildman–Crippen MR) is 68.6 cm³/mol. The summed E-state index contributed by atoms with van der Waals surface area (Å²) in [5, 5.41) is 23.1. The Balaban J connectivity index is 2.38. The minimum Gasteiger partial charge on any atom is -0.371 e. The molecule has 1 N–H and O–H groups in total. The van der Waals surface area contributed by atoms with Crippen LogP contribution in [0.3, 0.4) is 0 Å². The lowest BCUT2D eigenvalue weighted by atomic mass is 9.87. The fourth-order valence-electron chi connectivity index (χ4n) is 2.74. The lowest BCUT2D eigenvalue weighted by molar-refractivity contribution is -0.537. The van der Waals surface area contributed by atoms with Gasteiger partial charge in [0.15, 0.2) is 0 Å². The minimum atomic E-state index is -2.08. The van der Waals surface area contributed by atoms with Crippen molar-refractivity contribution in [3.63, 3.8) is 0 Å². The van der Waals surface area contributed by atoms with E-state index in [1.165, 1.54) is 6.92 Å². The Kier molecular flexibility index (Phi) is 2.24. The highest BCUT2D eigenvalue weighted by Crippen LogP contribution is 2.43. The molecule has 0 aromatic heterocycles. The van der Waals surface area contributed by atoms with Gasteiger partial charge in [-0.3, -0.25) is 14.9 Å². The molecule has 1 aliphatic carbocycles. The molecule has 2 atom stereocenters. The Morgan fingerprint density at radius 2 is 1.89 bits per heavy atom. The van der Waals surface area contributed by atoms with Gasteiger partial charge in [-0.2, -0.15) is 0 Å². The van der Waals surface area contributed by atoms with Gasteiger partial charge in [-0.25, -0.2) is 0 Å². The van der Waals surface area contributed by atoms with Crippen LogP contribution in [-0.4, -0.2) is 21.9 Å². The standard InChI is InChI=1S/C14H11NO4/c1-8(15(18)19)14(17)11-7-3-5-9-4-2-6-10(12(9)11)13(14)16/h2-8,17H,1H3/t8-,14+/m0/s1. The molecule has 0 bridgehead atoms. The molecule has 3 rings (SSSR count). The molecular formula is C14H11NO4. The predicted octanol–water partition coefficient (Wildman–Crippen LogP) is 1.89. The molecule has 0 unspecified atom stereocenters. The van der Waals surface area contributed by atoms with E-state index in [0.717, 1.165) is 5.39 Å². The molecule has 2 aromatic rings. The van der Waals surface area contributed by atoms with E-state index >= 15 is 0 Å². The first-order valence-corrected chi connectivity index (χ1v) is 5.91. The molecular weight excluding hydrogens is 246 g/mol. The van der Waals surface area contributed by atoms with Gasteiger partial charge < -0.3 is 5.11 Å². The van der Waals surface area contributed by atoms with E-state index in [9.17, 15) is 20.0 Å². The maximum atomic E-state index is 12.4. The average Bonchev–Trinajstić information content (AvgIpc) is 2.64. The van der Waals surface area contributed by atoms with Crippen LogP contribution in [0.25, 0.3) is 10.8 Å². The normalized spacial score (nSPS) is 22.7. The van der Waals surface area contributed by atoms with Gasteiger partial charge in [-0.1, -0.05) is 36.4 Å². The fourth-order valence-corrected chi connectivity index (χ4v) is 2.74. The van der Waals surface area contributed by atoms with Gasteiger partial charge in [0.25, 0.3) is 0 Å². The molecule has 0 amide bonds. The largest absolute Gasteiger partial charge is 0.371 e. The number of nitro groups is 1. The second-order valence-electron chi connectivity index (χ2n) is 4.77. The summed E-state index contributed by atoms with van der Waals surface area (Å²) >= 11 is 0. The number of benzene rings is 2. The molecule has 0 saturated carbocycles. The highest BCUT2D eigenvalue weighted by molar-refractivity contribution is 6.19. The van der Waals surface area contributed by atoms with Crippen LogP contribution in [0.2, 0.25) is 0 Å². The molecule has 0 fully saturated rings. The molecule has 5 heteroatoms. The summed E-state index contributed by atoms with van der Waals surface area (Å²) in [5.41, 5.74) is -1.40. The van der Waals surface area contributed by atoms with Crippen molar-refractivity contribution in [2.75, 3.05) is 0 Å². The smallest absolute Gasteiger partial charge is 0.250 e. The number of nitrogens with zero attached hydrogens (tertiary/aromatic N) is 1. The Labute approximate surface area is 108 Å². The first kappa shape index (κ1) is 11.8. The van der Waals surface area contributed by atoms with Crippen LogP contribution in [0, 0.1) is 10.1 Å². The first-order chi connectivity index (χ1) is 8.98. The van der Waals surface area contributed by atoms with E-state index in [2.05, 4.69) is 0 Å². The maximum absolute atomic E-state index is 12.4. The van der Waals surface area contributed by atoms with Gasteiger partial charge >= 0.3 is 0 Å². The molecule has 0 radical (unpaired) electrons. The fraction of sp³-hybridized carbons (Fsp3) is 0.214. The van der Waals surface area contributed by atoms with Crippen LogP contribution in [0.1, 0.15) is 22.8 Å². The van der Waals surface area contributed by atoms with Crippen LogP contribution in [0.4, 0.5) is 0 Å². The van der Waals surface area contributed by atoms with Gasteiger partial charge in [-0.15, -0.1) is 0 Å². The zero-order valence-electron chi connectivity index (χ0n) is 10.2. The van der Waals surface area contributed by atoms with Gasteiger partial charge in [0.2, 0.25) is 17.4 Å². The van der Waals surface area contributed by atoms with E-state index in [4.69, 9.17) is 0 Å². The number of carbonyl (C=O) groups is 1. The molecule has 96 valence electrons. The molecule has 19 heavy (non-hydrogen) atoms.